The molecule has 0 unspecified atom stereocenters. The summed E-state index contributed by atoms with van der Waals surface area (Å²) in [5.74, 6) is -0.804. The fraction of sp³-hybridized carbons (Fsp3) is 0.385. The molecule has 0 fully saturated rings. The van der Waals surface area contributed by atoms with Crippen LogP contribution >= 0.6 is 0 Å². The molecule has 0 bridgehead atoms. The van der Waals surface area contributed by atoms with Crippen molar-refractivity contribution in [2.75, 3.05) is 11.9 Å². The van der Waals surface area contributed by atoms with E-state index >= 15 is 0 Å². The number of nitrogens with zero attached hydrogens (tertiary/aromatic N) is 1. The Hall–Kier alpha value is -2.04. The van der Waals surface area contributed by atoms with Gasteiger partial charge in [0, 0.05) is 6.54 Å². The van der Waals surface area contributed by atoms with E-state index in [4.69, 9.17) is 9.52 Å². The topological polar surface area (TPSA) is 75.4 Å². The van der Waals surface area contributed by atoms with Gasteiger partial charge in [0.2, 0.25) is 0 Å². The predicted octanol–water partition coefficient (Wildman–Crippen LogP) is 2.74. The SMILES string of the molecule is CC(C)(CCNc1nc2ccccc2o1)C(=O)O. The van der Waals surface area contributed by atoms with E-state index in [-0.39, 0.29) is 0 Å². The second kappa shape index (κ2) is 4.68. The van der Waals surface area contributed by atoms with E-state index in [0.29, 0.717) is 19.0 Å². The van der Waals surface area contributed by atoms with Gasteiger partial charge in [0.1, 0.15) is 5.52 Å². The number of benzene rings is 1. The predicted molar refractivity (Wildman–Crippen MR) is 68.5 cm³/mol. The number of carboxylic acid groups (broad SMARTS) is 1. The van der Waals surface area contributed by atoms with Gasteiger partial charge in [-0.05, 0) is 32.4 Å². The van der Waals surface area contributed by atoms with Gasteiger partial charge in [0.05, 0.1) is 5.41 Å². The summed E-state index contributed by atoms with van der Waals surface area (Å²) in [6.07, 6.45) is 0.501. The van der Waals surface area contributed by atoms with E-state index < -0.39 is 11.4 Å². The molecule has 5 heteroatoms. The van der Waals surface area contributed by atoms with Crippen molar-refractivity contribution >= 4 is 23.1 Å². The Balaban J connectivity index is 1.96. The van der Waals surface area contributed by atoms with Crippen molar-refractivity contribution in [1.29, 1.82) is 0 Å². The Morgan fingerprint density at radius 1 is 1.44 bits per heavy atom. The third kappa shape index (κ3) is 2.61. The average Bonchev–Trinajstić information content (AvgIpc) is 2.70. The van der Waals surface area contributed by atoms with Crippen LogP contribution in [0.5, 0.6) is 0 Å². The fourth-order valence-electron chi connectivity index (χ4n) is 1.54. The van der Waals surface area contributed by atoms with Gasteiger partial charge in [-0.25, -0.2) is 0 Å². The molecule has 5 nitrogen and oxygen atoms in total. The van der Waals surface area contributed by atoms with Gasteiger partial charge in [-0.2, -0.15) is 4.98 Å². The Labute approximate surface area is 105 Å². The minimum atomic E-state index is -0.804. The molecule has 0 aliphatic rings. The van der Waals surface area contributed by atoms with Gasteiger partial charge in [-0.1, -0.05) is 12.1 Å². The highest BCUT2D eigenvalue weighted by molar-refractivity contribution is 5.74. The summed E-state index contributed by atoms with van der Waals surface area (Å²) in [6, 6.07) is 7.91. The van der Waals surface area contributed by atoms with Gasteiger partial charge in [-0.3, -0.25) is 4.79 Å². The minimum absolute atomic E-state index is 0.428. The van der Waals surface area contributed by atoms with Gasteiger partial charge in [0.15, 0.2) is 5.58 Å². The second-order valence-electron chi connectivity index (χ2n) is 4.85. The maximum absolute atomic E-state index is 10.9. The van der Waals surface area contributed by atoms with Gasteiger partial charge >= 0.3 is 5.97 Å². The van der Waals surface area contributed by atoms with Crippen LogP contribution < -0.4 is 5.32 Å². The standard InChI is InChI=1S/C13H16N2O3/c1-13(2,11(16)17)7-8-14-12-15-9-5-3-4-6-10(9)18-12/h3-6H,7-8H2,1-2H3,(H,14,15)(H,16,17). The van der Waals surface area contributed by atoms with Crippen LogP contribution in [0.1, 0.15) is 20.3 Å². The van der Waals surface area contributed by atoms with E-state index in [1.165, 1.54) is 0 Å². The van der Waals surface area contributed by atoms with E-state index in [0.717, 1.165) is 11.1 Å². The molecule has 2 N–H and O–H groups in total. The molecule has 0 saturated carbocycles. The second-order valence-corrected chi connectivity index (χ2v) is 4.85. The number of rotatable bonds is 5. The number of carboxylic acids is 1. The largest absolute Gasteiger partial charge is 0.481 e. The molecule has 0 saturated heterocycles. The van der Waals surface area contributed by atoms with Crippen LogP contribution in [0, 0.1) is 5.41 Å². The molecule has 2 aromatic rings. The molecule has 0 spiro atoms. The Morgan fingerprint density at radius 2 is 2.17 bits per heavy atom. The van der Waals surface area contributed by atoms with Crippen LogP contribution in [0.4, 0.5) is 6.01 Å². The van der Waals surface area contributed by atoms with E-state index in [9.17, 15) is 4.79 Å². The van der Waals surface area contributed by atoms with E-state index in [1.807, 2.05) is 24.3 Å². The first-order valence-electron chi connectivity index (χ1n) is 5.82. The molecule has 96 valence electrons. The minimum Gasteiger partial charge on any atom is -0.481 e. The molecule has 1 aromatic heterocycles. The highest BCUT2D eigenvalue weighted by Gasteiger charge is 2.26. The van der Waals surface area contributed by atoms with Crippen molar-refractivity contribution in [3.05, 3.63) is 24.3 Å². The summed E-state index contributed by atoms with van der Waals surface area (Å²) >= 11 is 0. The van der Waals surface area contributed by atoms with Gasteiger partial charge in [0.25, 0.3) is 6.01 Å². The third-order valence-electron chi connectivity index (χ3n) is 2.90. The number of oxazole rings is 1. The zero-order valence-corrected chi connectivity index (χ0v) is 10.4. The number of hydrogen-bond acceptors (Lipinski definition) is 4. The van der Waals surface area contributed by atoms with Crippen LogP contribution in [0.2, 0.25) is 0 Å². The van der Waals surface area contributed by atoms with Crippen LogP contribution in [0.3, 0.4) is 0 Å². The summed E-state index contributed by atoms with van der Waals surface area (Å²) in [6.45, 7) is 3.90. The number of hydrogen-bond donors (Lipinski definition) is 2. The van der Waals surface area contributed by atoms with Crippen molar-refractivity contribution in [2.45, 2.75) is 20.3 Å². The normalized spacial score (nSPS) is 11.7. The first-order valence-corrected chi connectivity index (χ1v) is 5.82. The highest BCUT2D eigenvalue weighted by atomic mass is 16.4. The number of nitrogens with one attached hydrogen (secondary N) is 1. The lowest BCUT2D eigenvalue weighted by Crippen LogP contribution is -2.26. The third-order valence-corrected chi connectivity index (χ3v) is 2.90. The lowest BCUT2D eigenvalue weighted by atomic mass is 9.90. The summed E-state index contributed by atoms with van der Waals surface area (Å²) < 4.78 is 5.47. The number of fused-ring (bicyclic) bond motifs is 1. The summed E-state index contributed by atoms with van der Waals surface area (Å²) in [5.41, 5.74) is 0.758. The monoisotopic (exact) mass is 248 g/mol. The van der Waals surface area contributed by atoms with Gasteiger partial charge < -0.3 is 14.8 Å². The molecule has 2 rings (SSSR count). The van der Waals surface area contributed by atoms with E-state index in [2.05, 4.69) is 10.3 Å². The maximum atomic E-state index is 10.9. The molecule has 0 amide bonds. The lowest BCUT2D eigenvalue weighted by Gasteiger charge is -2.18. The summed E-state index contributed by atoms with van der Waals surface area (Å²) in [4.78, 5) is 15.2. The molecule has 1 heterocycles. The molecule has 1 aromatic carbocycles. The van der Waals surface area contributed by atoms with Crippen LogP contribution in [-0.4, -0.2) is 22.6 Å². The molecular formula is C13H16N2O3. The molecule has 0 radical (unpaired) electrons. The lowest BCUT2D eigenvalue weighted by molar-refractivity contribution is -0.147. The highest BCUT2D eigenvalue weighted by Crippen LogP contribution is 2.22. The average molecular weight is 248 g/mol. The van der Waals surface area contributed by atoms with Gasteiger partial charge in [-0.15, -0.1) is 0 Å². The molecule has 18 heavy (non-hydrogen) atoms. The van der Waals surface area contributed by atoms with Crippen LogP contribution in [0.25, 0.3) is 11.1 Å². The summed E-state index contributed by atoms with van der Waals surface area (Å²) in [7, 11) is 0. The number of para-hydroxylation sites is 2. The molecule has 0 aliphatic carbocycles. The molecule has 0 aliphatic heterocycles. The first-order chi connectivity index (χ1) is 8.49. The zero-order chi connectivity index (χ0) is 13.2. The first kappa shape index (κ1) is 12.4. The summed E-state index contributed by atoms with van der Waals surface area (Å²) in [5, 5.41) is 12.0. The fourth-order valence-corrected chi connectivity index (χ4v) is 1.54. The number of carbonyl (C=O) groups is 1. The van der Waals surface area contributed by atoms with Crippen molar-refractivity contribution in [1.82, 2.24) is 4.98 Å². The van der Waals surface area contributed by atoms with Crippen molar-refractivity contribution < 1.29 is 14.3 Å². The van der Waals surface area contributed by atoms with E-state index in [1.54, 1.807) is 13.8 Å². The quantitative estimate of drug-likeness (QED) is 0.850. The molecular weight excluding hydrogens is 232 g/mol. The Bertz CT molecular complexity index is 527. The Morgan fingerprint density at radius 3 is 2.83 bits per heavy atom. The maximum Gasteiger partial charge on any atom is 0.309 e. The van der Waals surface area contributed by atoms with Crippen LogP contribution in [0.15, 0.2) is 28.7 Å². The van der Waals surface area contributed by atoms with Crippen molar-refractivity contribution in [3.63, 3.8) is 0 Å². The molecule has 0 atom stereocenters. The Kier molecular flexibility index (Phi) is 3.23. The zero-order valence-electron chi connectivity index (χ0n) is 10.4. The number of aliphatic carboxylic acids is 1. The van der Waals surface area contributed by atoms with Crippen LogP contribution in [-0.2, 0) is 4.79 Å². The smallest absolute Gasteiger partial charge is 0.309 e. The van der Waals surface area contributed by atoms with Crippen molar-refractivity contribution in [3.8, 4) is 0 Å². The number of aromatic nitrogens is 1. The van der Waals surface area contributed by atoms with Crippen molar-refractivity contribution in [2.24, 2.45) is 5.41 Å². The number of anilines is 1.